The van der Waals surface area contributed by atoms with E-state index in [1.165, 1.54) is 19.2 Å². The van der Waals surface area contributed by atoms with Crippen molar-refractivity contribution >= 4 is 23.0 Å². The van der Waals surface area contributed by atoms with Gasteiger partial charge in [-0.25, -0.2) is 9.37 Å². The van der Waals surface area contributed by atoms with Crippen LogP contribution in [0.5, 0.6) is 5.75 Å². The first kappa shape index (κ1) is 11.7. The third kappa shape index (κ3) is 2.85. The van der Waals surface area contributed by atoms with E-state index in [0.717, 1.165) is 5.69 Å². The molecule has 88 valence electrons. The minimum atomic E-state index is -0.347. The van der Waals surface area contributed by atoms with Gasteiger partial charge in [0, 0.05) is 18.0 Å². The molecule has 0 radical (unpaired) electrons. The topological polar surface area (TPSA) is 34.1 Å². The highest BCUT2D eigenvalue weighted by Gasteiger charge is 2.05. The summed E-state index contributed by atoms with van der Waals surface area (Å²) >= 11 is 5.77. The lowest BCUT2D eigenvalue weighted by Gasteiger charge is -2.11. The zero-order valence-corrected chi connectivity index (χ0v) is 9.83. The Kier molecular flexibility index (Phi) is 3.44. The van der Waals surface area contributed by atoms with E-state index in [2.05, 4.69) is 10.3 Å². The molecule has 0 aliphatic rings. The summed E-state index contributed by atoms with van der Waals surface area (Å²) in [5.74, 6) is 0.0816. The molecule has 1 aromatic carbocycles. The maximum absolute atomic E-state index is 13.0. The highest BCUT2D eigenvalue weighted by Crippen LogP contribution is 2.28. The van der Waals surface area contributed by atoms with Crippen molar-refractivity contribution in [2.75, 3.05) is 12.4 Å². The number of hydrogen-bond donors (Lipinski definition) is 1. The molecule has 5 heteroatoms. The summed E-state index contributed by atoms with van der Waals surface area (Å²) in [7, 11) is 1.49. The summed E-state index contributed by atoms with van der Waals surface area (Å²) in [4.78, 5) is 3.87. The van der Waals surface area contributed by atoms with Gasteiger partial charge in [0.1, 0.15) is 16.7 Å². The van der Waals surface area contributed by atoms with Crippen LogP contribution in [0, 0.1) is 5.82 Å². The third-order valence-electron chi connectivity index (χ3n) is 2.17. The van der Waals surface area contributed by atoms with Gasteiger partial charge in [-0.2, -0.15) is 0 Å². The molecule has 0 bridgehead atoms. The van der Waals surface area contributed by atoms with Gasteiger partial charge < -0.3 is 10.1 Å². The summed E-state index contributed by atoms with van der Waals surface area (Å²) in [6.07, 6.45) is 1.58. The van der Waals surface area contributed by atoms with Gasteiger partial charge in [0.2, 0.25) is 0 Å². The van der Waals surface area contributed by atoms with Crippen LogP contribution in [0.1, 0.15) is 0 Å². The summed E-state index contributed by atoms with van der Waals surface area (Å²) < 4.78 is 18.1. The number of anilines is 2. The number of methoxy groups -OCH3 is 1. The lowest BCUT2D eigenvalue weighted by atomic mass is 10.2. The summed E-state index contributed by atoms with van der Waals surface area (Å²) in [5.41, 5.74) is 1.42. The number of rotatable bonds is 3. The molecule has 1 aromatic heterocycles. The Morgan fingerprint density at radius 2 is 2.12 bits per heavy atom. The smallest absolute Gasteiger partial charge is 0.145 e. The lowest BCUT2D eigenvalue weighted by Crippen LogP contribution is -1.95. The van der Waals surface area contributed by atoms with Gasteiger partial charge >= 0.3 is 0 Å². The number of pyridine rings is 1. The van der Waals surface area contributed by atoms with Crippen LogP contribution < -0.4 is 10.1 Å². The molecule has 0 unspecified atom stereocenters. The molecule has 1 N–H and O–H groups in total. The standard InChI is InChI=1S/C12H10ClFN2O/c1-17-11-6-8(14)2-3-10(11)16-9-4-5-15-12(13)7-9/h2-7H,1H3,(H,15,16). The van der Waals surface area contributed by atoms with Crippen LogP contribution in [-0.2, 0) is 0 Å². The molecular weight excluding hydrogens is 243 g/mol. The van der Waals surface area contributed by atoms with Crippen molar-refractivity contribution in [3.05, 3.63) is 47.5 Å². The minimum Gasteiger partial charge on any atom is -0.494 e. The number of nitrogens with zero attached hydrogens (tertiary/aromatic N) is 1. The van der Waals surface area contributed by atoms with E-state index in [0.29, 0.717) is 16.6 Å². The van der Waals surface area contributed by atoms with Gasteiger partial charge in [0.05, 0.1) is 12.8 Å². The van der Waals surface area contributed by atoms with E-state index < -0.39 is 0 Å². The summed E-state index contributed by atoms with van der Waals surface area (Å²) in [6.45, 7) is 0. The molecule has 17 heavy (non-hydrogen) atoms. The molecule has 0 saturated carbocycles. The Bertz CT molecular complexity index is 534. The first-order valence-corrected chi connectivity index (χ1v) is 5.29. The normalized spacial score (nSPS) is 10.1. The highest BCUT2D eigenvalue weighted by molar-refractivity contribution is 6.29. The Morgan fingerprint density at radius 1 is 1.29 bits per heavy atom. The average molecular weight is 253 g/mol. The van der Waals surface area contributed by atoms with Crippen molar-refractivity contribution in [1.29, 1.82) is 0 Å². The molecular formula is C12H10ClFN2O. The van der Waals surface area contributed by atoms with Crippen LogP contribution in [0.3, 0.4) is 0 Å². The number of hydrogen-bond acceptors (Lipinski definition) is 3. The van der Waals surface area contributed by atoms with Gasteiger partial charge in [-0.1, -0.05) is 11.6 Å². The van der Waals surface area contributed by atoms with Gasteiger partial charge in [-0.3, -0.25) is 0 Å². The first-order chi connectivity index (χ1) is 8.19. The van der Waals surface area contributed by atoms with Gasteiger partial charge in [-0.15, -0.1) is 0 Å². The fourth-order valence-electron chi connectivity index (χ4n) is 1.40. The summed E-state index contributed by atoms with van der Waals surface area (Å²) in [5, 5.41) is 3.46. The molecule has 0 aliphatic carbocycles. The van der Waals surface area contributed by atoms with Gasteiger partial charge in [0.25, 0.3) is 0 Å². The second-order valence-electron chi connectivity index (χ2n) is 3.34. The lowest BCUT2D eigenvalue weighted by molar-refractivity contribution is 0.413. The van der Waals surface area contributed by atoms with Crippen LogP contribution in [-0.4, -0.2) is 12.1 Å². The number of halogens is 2. The van der Waals surface area contributed by atoms with Crippen LogP contribution in [0.2, 0.25) is 5.15 Å². The fraction of sp³-hybridized carbons (Fsp3) is 0.0833. The van der Waals surface area contributed by atoms with Crippen molar-refractivity contribution in [1.82, 2.24) is 4.98 Å². The maximum Gasteiger partial charge on any atom is 0.145 e. The fourth-order valence-corrected chi connectivity index (χ4v) is 1.58. The number of aromatic nitrogens is 1. The summed E-state index contributed by atoms with van der Waals surface area (Å²) in [6, 6.07) is 7.69. The van der Waals surface area contributed by atoms with Crippen molar-refractivity contribution in [3.63, 3.8) is 0 Å². The molecule has 0 aliphatic heterocycles. The van der Waals surface area contributed by atoms with Crippen LogP contribution in [0.25, 0.3) is 0 Å². The Hall–Kier alpha value is -1.81. The van der Waals surface area contributed by atoms with E-state index in [4.69, 9.17) is 16.3 Å². The van der Waals surface area contributed by atoms with Crippen LogP contribution >= 0.6 is 11.6 Å². The zero-order valence-electron chi connectivity index (χ0n) is 9.08. The van der Waals surface area contributed by atoms with E-state index >= 15 is 0 Å². The molecule has 0 fully saturated rings. The van der Waals surface area contributed by atoms with Gasteiger partial charge in [-0.05, 0) is 24.3 Å². The van der Waals surface area contributed by atoms with E-state index in [1.807, 2.05) is 0 Å². The Labute approximate surface area is 103 Å². The second kappa shape index (κ2) is 5.01. The van der Waals surface area contributed by atoms with Crippen LogP contribution in [0.15, 0.2) is 36.5 Å². The van der Waals surface area contributed by atoms with E-state index in [9.17, 15) is 4.39 Å². The van der Waals surface area contributed by atoms with E-state index in [-0.39, 0.29) is 5.82 Å². The molecule has 0 spiro atoms. The largest absolute Gasteiger partial charge is 0.494 e. The second-order valence-corrected chi connectivity index (χ2v) is 3.72. The SMILES string of the molecule is COc1cc(F)ccc1Nc1ccnc(Cl)c1. The van der Waals surface area contributed by atoms with Crippen molar-refractivity contribution in [3.8, 4) is 5.75 Å². The third-order valence-corrected chi connectivity index (χ3v) is 2.38. The van der Waals surface area contributed by atoms with Crippen LogP contribution in [0.4, 0.5) is 15.8 Å². The predicted octanol–water partition coefficient (Wildman–Crippen LogP) is 3.63. The monoisotopic (exact) mass is 252 g/mol. The molecule has 2 rings (SSSR count). The zero-order chi connectivity index (χ0) is 12.3. The Balaban J connectivity index is 2.29. The van der Waals surface area contributed by atoms with Crippen molar-refractivity contribution < 1.29 is 9.13 Å². The molecule has 3 nitrogen and oxygen atoms in total. The Morgan fingerprint density at radius 3 is 2.82 bits per heavy atom. The average Bonchev–Trinajstić information content (AvgIpc) is 2.31. The predicted molar refractivity (Wildman–Crippen MR) is 65.5 cm³/mol. The first-order valence-electron chi connectivity index (χ1n) is 4.91. The van der Waals surface area contributed by atoms with Crippen molar-refractivity contribution in [2.24, 2.45) is 0 Å². The number of ether oxygens (including phenoxy) is 1. The molecule has 0 atom stereocenters. The highest BCUT2D eigenvalue weighted by atomic mass is 35.5. The minimum absolute atomic E-state index is 0.347. The molecule has 0 amide bonds. The number of benzene rings is 1. The molecule has 1 heterocycles. The van der Waals surface area contributed by atoms with Crippen molar-refractivity contribution in [2.45, 2.75) is 0 Å². The molecule has 2 aromatic rings. The molecule has 0 saturated heterocycles. The number of nitrogens with one attached hydrogen (secondary N) is 1. The van der Waals surface area contributed by atoms with E-state index in [1.54, 1.807) is 24.4 Å². The maximum atomic E-state index is 13.0. The quantitative estimate of drug-likeness (QED) is 0.847. The van der Waals surface area contributed by atoms with Gasteiger partial charge in [0.15, 0.2) is 0 Å².